The Labute approximate surface area is 107 Å². The molecule has 0 amide bonds. The summed E-state index contributed by atoms with van der Waals surface area (Å²) in [5.74, 6) is -1.29. The lowest BCUT2D eigenvalue weighted by Crippen LogP contribution is -2.11. The minimum atomic E-state index is -0.799. The normalized spacial score (nSPS) is 12.9. The highest BCUT2D eigenvalue weighted by atomic mass is 79.9. The van der Waals surface area contributed by atoms with Crippen LogP contribution in [-0.2, 0) is 4.79 Å². The number of aromatic nitrogens is 2. The number of aryl methyl sites for hydroxylation is 1. The van der Waals surface area contributed by atoms with Gasteiger partial charge in [-0.25, -0.2) is 4.98 Å². The molecule has 0 spiro atoms. The van der Waals surface area contributed by atoms with E-state index >= 15 is 0 Å². The van der Waals surface area contributed by atoms with Crippen molar-refractivity contribution in [3.63, 3.8) is 0 Å². The number of carboxylic acids is 1. The Morgan fingerprint density at radius 3 is 2.94 bits per heavy atom. The van der Waals surface area contributed by atoms with Crippen LogP contribution in [0.25, 0.3) is 11.0 Å². The largest absolute Gasteiger partial charge is 0.481 e. The van der Waals surface area contributed by atoms with Crippen LogP contribution in [0.1, 0.15) is 30.5 Å². The van der Waals surface area contributed by atoms with Gasteiger partial charge in [0.15, 0.2) is 0 Å². The van der Waals surface area contributed by atoms with Crippen molar-refractivity contribution in [3.8, 4) is 0 Å². The number of hydrogen-bond donors (Lipinski definition) is 2. The molecule has 0 saturated carbocycles. The fourth-order valence-electron chi connectivity index (χ4n) is 2.16. The Kier molecular flexibility index (Phi) is 3.19. The third-order valence-corrected chi connectivity index (χ3v) is 3.60. The van der Waals surface area contributed by atoms with Crippen LogP contribution in [0.3, 0.4) is 0 Å². The number of rotatable bonds is 3. The second-order valence-electron chi connectivity index (χ2n) is 3.98. The summed E-state index contributed by atoms with van der Waals surface area (Å²) in [5, 5.41) is 10.1. The number of fused-ring (bicyclic) bond motifs is 1. The molecule has 0 aromatic carbocycles. The molecule has 2 aromatic heterocycles. The van der Waals surface area contributed by atoms with Crippen LogP contribution in [-0.4, -0.2) is 21.0 Å². The van der Waals surface area contributed by atoms with Crippen molar-refractivity contribution in [2.24, 2.45) is 0 Å². The van der Waals surface area contributed by atoms with Gasteiger partial charge in [-0.1, -0.05) is 6.92 Å². The Balaban J connectivity index is 2.75. The summed E-state index contributed by atoms with van der Waals surface area (Å²) < 4.78 is 0.876. The number of nitrogens with one attached hydrogen (secondary N) is 1. The number of aromatic amines is 1. The van der Waals surface area contributed by atoms with Crippen molar-refractivity contribution < 1.29 is 9.90 Å². The highest BCUT2D eigenvalue weighted by molar-refractivity contribution is 9.10. The summed E-state index contributed by atoms with van der Waals surface area (Å²) in [5.41, 5.74) is 2.43. The number of carboxylic acid groups (broad SMARTS) is 1. The zero-order chi connectivity index (χ0) is 12.6. The molecule has 0 aliphatic rings. The van der Waals surface area contributed by atoms with Gasteiger partial charge in [-0.3, -0.25) is 4.79 Å². The van der Waals surface area contributed by atoms with Crippen LogP contribution in [0.4, 0.5) is 0 Å². The van der Waals surface area contributed by atoms with Crippen LogP contribution >= 0.6 is 15.9 Å². The predicted molar refractivity (Wildman–Crippen MR) is 69.2 cm³/mol. The predicted octanol–water partition coefficient (Wildman–Crippen LogP) is 3.21. The van der Waals surface area contributed by atoms with E-state index in [1.54, 1.807) is 6.20 Å². The second-order valence-corrected chi connectivity index (χ2v) is 4.83. The maximum Gasteiger partial charge on any atom is 0.311 e. The van der Waals surface area contributed by atoms with Crippen LogP contribution in [0.5, 0.6) is 0 Å². The van der Waals surface area contributed by atoms with E-state index in [1.807, 2.05) is 19.9 Å². The van der Waals surface area contributed by atoms with Gasteiger partial charge in [0.25, 0.3) is 0 Å². The third kappa shape index (κ3) is 1.95. The standard InChI is InChI=1S/C12H13BrN2O2/c1-3-7(12(16)17)9-6(2)15-11-10(9)8(13)4-5-14-11/h4-5,7H,3H2,1-2H3,(H,14,15)(H,16,17). The summed E-state index contributed by atoms with van der Waals surface area (Å²) >= 11 is 3.45. The van der Waals surface area contributed by atoms with E-state index in [2.05, 4.69) is 25.9 Å². The van der Waals surface area contributed by atoms with E-state index < -0.39 is 11.9 Å². The van der Waals surface area contributed by atoms with Crippen LogP contribution in [0.15, 0.2) is 16.7 Å². The molecule has 2 heterocycles. The van der Waals surface area contributed by atoms with E-state index in [9.17, 15) is 9.90 Å². The lowest BCUT2D eigenvalue weighted by molar-refractivity contribution is -0.138. The average molecular weight is 297 g/mol. The number of pyridine rings is 1. The Hall–Kier alpha value is -1.36. The van der Waals surface area contributed by atoms with Gasteiger partial charge in [0.05, 0.1) is 5.92 Å². The smallest absolute Gasteiger partial charge is 0.311 e. The highest BCUT2D eigenvalue weighted by Gasteiger charge is 2.25. The number of halogens is 1. The first-order valence-corrected chi connectivity index (χ1v) is 6.21. The van der Waals surface area contributed by atoms with Crippen molar-refractivity contribution in [2.75, 3.05) is 0 Å². The average Bonchev–Trinajstić information content (AvgIpc) is 2.58. The lowest BCUT2D eigenvalue weighted by Gasteiger charge is -2.10. The van der Waals surface area contributed by atoms with Gasteiger partial charge in [0, 0.05) is 21.7 Å². The number of aliphatic carboxylic acids is 1. The molecular weight excluding hydrogens is 284 g/mol. The molecule has 0 fully saturated rings. The highest BCUT2D eigenvalue weighted by Crippen LogP contribution is 2.34. The number of nitrogens with zero attached hydrogens (tertiary/aromatic N) is 1. The summed E-state index contributed by atoms with van der Waals surface area (Å²) in [4.78, 5) is 18.6. The molecule has 1 atom stereocenters. The zero-order valence-corrected chi connectivity index (χ0v) is 11.2. The summed E-state index contributed by atoms with van der Waals surface area (Å²) in [6.07, 6.45) is 2.25. The van der Waals surface area contributed by atoms with E-state index in [0.717, 1.165) is 26.8 Å². The van der Waals surface area contributed by atoms with Crippen LogP contribution in [0, 0.1) is 6.92 Å². The fourth-order valence-corrected chi connectivity index (χ4v) is 2.68. The summed E-state index contributed by atoms with van der Waals surface area (Å²) in [6.45, 7) is 3.76. The van der Waals surface area contributed by atoms with E-state index in [-0.39, 0.29) is 0 Å². The molecular formula is C12H13BrN2O2. The van der Waals surface area contributed by atoms with E-state index in [4.69, 9.17) is 0 Å². The number of hydrogen-bond acceptors (Lipinski definition) is 2. The third-order valence-electron chi connectivity index (χ3n) is 2.93. The van der Waals surface area contributed by atoms with Crippen molar-refractivity contribution >= 4 is 32.9 Å². The molecule has 0 aliphatic heterocycles. The molecule has 5 heteroatoms. The second kappa shape index (κ2) is 4.49. The minimum Gasteiger partial charge on any atom is -0.481 e. The van der Waals surface area contributed by atoms with E-state index in [1.165, 1.54) is 0 Å². The van der Waals surface area contributed by atoms with Gasteiger partial charge < -0.3 is 10.1 Å². The minimum absolute atomic E-state index is 0.496. The molecule has 2 N–H and O–H groups in total. The van der Waals surface area contributed by atoms with Gasteiger partial charge in [-0.15, -0.1) is 0 Å². The van der Waals surface area contributed by atoms with Crippen molar-refractivity contribution in [1.29, 1.82) is 0 Å². The lowest BCUT2D eigenvalue weighted by atomic mass is 9.94. The van der Waals surface area contributed by atoms with Gasteiger partial charge in [0.1, 0.15) is 5.65 Å². The maximum absolute atomic E-state index is 11.3. The number of carbonyl (C=O) groups is 1. The van der Waals surface area contributed by atoms with Crippen molar-refractivity contribution in [3.05, 3.63) is 28.0 Å². The summed E-state index contributed by atoms with van der Waals surface area (Å²) in [7, 11) is 0. The molecule has 0 bridgehead atoms. The van der Waals surface area contributed by atoms with Crippen molar-refractivity contribution in [1.82, 2.24) is 9.97 Å². The molecule has 0 radical (unpaired) electrons. The van der Waals surface area contributed by atoms with Crippen LogP contribution in [0.2, 0.25) is 0 Å². The van der Waals surface area contributed by atoms with Gasteiger partial charge >= 0.3 is 5.97 Å². The fraction of sp³-hybridized carbons (Fsp3) is 0.333. The van der Waals surface area contributed by atoms with E-state index in [0.29, 0.717) is 6.42 Å². The first-order chi connectivity index (χ1) is 8.06. The van der Waals surface area contributed by atoms with Gasteiger partial charge in [-0.2, -0.15) is 0 Å². The molecule has 2 aromatic rings. The molecule has 17 heavy (non-hydrogen) atoms. The van der Waals surface area contributed by atoms with Crippen molar-refractivity contribution in [2.45, 2.75) is 26.2 Å². The first kappa shape index (κ1) is 12.1. The Bertz CT molecular complexity index is 577. The summed E-state index contributed by atoms with van der Waals surface area (Å²) in [6, 6.07) is 1.83. The molecule has 0 saturated heterocycles. The molecule has 90 valence electrons. The zero-order valence-electron chi connectivity index (χ0n) is 9.62. The first-order valence-electron chi connectivity index (χ1n) is 5.41. The topological polar surface area (TPSA) is 66.0 Å². The SMILES string of the molecule is CCC(C(=O)O)c1c(C)[nH]c2nccc(Br)c12. The molecule has 4 nitrogen and oxygen atoms in total. The maximum atomic E-state index is 11.3. The Morgan fingerprint density at radius 2 is 2.35 bits per heavy atom. The molecule has 0 aliphatic carbocycles. The van der Waals surface area contributed by atoms with Gasteiger partial charge in [0.2, 0.25) is 0 Å². The monoisotopic (exact) mass is 296 g/mol. The number of H-pyrrole nitrogens is 1. The van der Waals surface area contributed by atoms with Crippen LogP contribution < -0.4 is 0 Å². The molecule has 1 unspecified atom stereocenters. The quantitative estimate of drug-likeness (QED) is 0.914. The molecule has 2 rings (SSSR count). The van der Waals surface area contributed by atoms with Gasteiger partial charge in [-0.05, 0) is 40.9 Å². The Morgan fingerprint density at radius 1 is 1.65 bits per heavy atom.